The summed E-state index contributed by atoms with van der Waals surface area (Å²) in [5.74, 6) is 0. The van der Waals surface area contributed by atoms with Crippen LogP contribution in [0.15, 0.2) is 46.0 Å². The van der Waals surface area contributed by atoms with Crippen LogP contribution in [0.1, 0.15) is 0 Å². The molecule has 2 rings (SSSR count). The zero-order valence-electron chi connectivity index (χ0n) is 9.18. The first-order chi connectivity index (χ1) is 7.61. The molecule has 4 nitrogen and oxygen atoms in total. The van der Waals surface area contributed by atoms with Crippen LogP contribution in [0.5, 0.6) is 0 Å². The van der Waals surface area contributed by atoms with E-state index in [1.165, 1.54) is 17.7 Å². The SMILES string of the molecule is Cn1c(-c2ccccc2)cc(=O)n(C)c1=O. The largest absolute Gasteiger partial charge is 0.330 e. The van der Waals surface area contributed by atoms with Crippen LogP contribution in [0.3, 0.4) is 0 Å². The molecule has 0 N–H and O–H groups in total. The quantitative estimate of drug-likeness (QED) is 0.706. The van der Waals surface area contributed by atoms with Gasteiger partial charge in [-0.2, -0.15) is 0 Å². The first-order valence-electron chi connectivity index (χ1n) is 4.94. The average molecular weight is 216 g/mol. The van der Waals surface area contributed by atoms with Gasteiger partial charge in [0.05, 0.1) is 5.69 Å². The Morgan fingerprint density at radius 3 is 2.19 bits per heavy atom. The number of rotatable bonds is 1. The molecule has 0 aliphatic heterocycles. The molecule has 1 aromatic carbocycles. The molecular weight excluding hydrogens is 204 g/mol. The minimum Gasteiger partial charge on any atom is -0.296 e. The second kappa shape index (κ2) is 3.81. The lowest BCUT2D eigenvalue weighted by Crippen LogP contribution is -2.36. The summed E-state index contributed by atoms with van der Waals surface area (Å²) in [5, 5.41) is 0. The molecule has 82 valence electrons. The molecule has 0 fully saturated rings. The lowest BCUT2D eigenvalue weighted by atomic mass is 10.1. The molecule has 0 radical (unpaired) electrons. The van der Waals surface area contributed by atoms with Gasteiger partial charge in [-0.1, -0.05) is 30.3 Å². The van der Waals surface area contributed by atoms with Gasteiger partial charge in [0.2, 0.25) is 0 Å². The third kappa shape index (κ3) is 1.58. The van der Waals surface area contributed by atoms with Crippen molar-refractivity contribution in [2.45, 2.75) is 0 Å². The normalized spacial score (nSPS) is 10.4. The maximum atomic E-state index is 11.7. The molecule has 4 heteroatoms. The van der Waals surface area contributed by atoms with Crippen LogP contribution in [0.2, 0.25) is 0 Å². The lowest BCUT2D eigenvalue weighted by Gasteiger charge is -2.08. The van der Waals surface area contributed by atoms with Crippen LogP contribution in [-0.2, 0) is 14.1 Å². The first-order valence-corrected chi connectivity index (χ1v) is 4.94. The van der Waals surface area contributed by atoms with Crippen LogP contribution in [0.25, 0.3) is 11.3 Å². The van der Waals surface area contributed by atoms with Gasteiger partial charge < -0.3 is 0 Å². The molecule has 0 spiro atoms. The van der Waals surface area contributed by atoms with Crippen LogP contribution >= 0.6 is 0 Å². The summed E-state index contributed by atoms with van der Waals surface area (Å²) >= 11 is 0. The monoisotopic (exact) mass is 216 g/mol. The fourth-order valence-electron chi connectivity index (χ4n) is 1.62. The maximum absolute atomic E-state index is 11.7. The van der Waals surface area contributed by atoms with Crippen molar-refractivity contribution in [1.82, 2.24) is 9.13 Å². The van der Waals surface area contributed by atoms with Gasteiger partial charge >= 0.3 is 5.69 Å². The number of aromatic nitrogens is 2. The zero-order chi connectivity index (χ0) is 11.7. The molecule has 0 amide bonds. The third-order valence-electron chi connectivity index (χ3n) is 2.60. The molecule has 0 unspecified atom stereocenters. The van der Waals surface area contributed by atoms with E-state index in [9.17, 15) is 9.59 Å². The van der Waals surface area contributed by atoms with E-state index in [4.69, 9.17) is 0 Å². The Balaban J connectivity index is 2.78. The highest BCUT2D eigenvalue weighted by atomic mass is 16.2. The van der Waals surface area contributed by atoms with E-state index < -0.39 is 0 Å². The minimum atomic E-state index is -0.314. The van der Waals surface area contributed by atoms with Crippen LogP contribution < -0.4 is 11.2 Å². The van der Waals surface area contributed by atoms with E-state index in [0.29, 0.717) is 5.69 Å². The second-order valence-corrected chi connectivity index (χ2v) is 3.63. The van der Waals surface area contributed by atoms with E-state index in [-0.39, 0.29) is 11.2 Å². The van der Waals surface area contributed by atoms with Crippen molar-refractivity contribution in [3.8, 4) is 11.3 Å². The molecule has 0 bridgehead atoms. The van der Waals surface area contributed by atoms with E-state index in [1.807, 2.05) is 30.3 Å². The van der Waals surface area contributed by atoms with Gasteiger partial charge in [0.15, 0.2) is 0 Å². The summed E-state index contributed by atoms with van der Waals surface area (Å²) in [4.78, 5) is 23.2. The Kier molecular flexibility index (Phi) is 2.48. The highest BCUT2D eigenvalue weighted by molar-refractivity contribution is 5.58. The molecule has 0 aliphatic carbocycles. The van der Waals surface area contributed by atoms with Gasteiger partial charge in [-0.15, -0.1) is 0 Å². The van der Waals surface area contributed by atoms with Gasteiger partial charge in [0.25, 0.3) is 5.56 Å². The molecule has 1 heterocycles. The highest BCUT2D eigenvalue weighted by Gasteiger charge is 2.06. The molecule has 16 heavy (non-hydrogen) atoms. The van der Waals surface area contributed by atoms with Crippen molar-refractivity contribution in [2.24, 2.45) is 14.1 Å². The maximum Gasteiger partial charge on any atom is 0.330 e. The molecule has 0 saturated heterocycles. The van der Waals surface area contributed by atoms with Gasteiger partial charge in [-0.3, -0.25) is 13.9 Å². The topological polar surface area (TPSA) is 44.0 Å². The van der Waals surface area contributed by atoms with Crippen molar-refractivity contribution in [3.05, 3.63) is 57.2 Å². The molecule has 1 aromatic heterocycles. The Bertz CT molecular complexity index is 624. The first kappa shape index (κ1) is 10.4. The molecule has 0 saturated carbocycles. The zero-order valence-corrected chi connectivity index (χ0v) is 9.18. The highest BCUT2D eigenvalue weighted by Crippen LogP contribution is 2.14. The number of benzene rings is 1. The Morgan fingerprint density at radius 2 is 1.56 bits per heavy atom. The molecule has 0 aliphatic rings. The van der Waals surface area contributed by atoms with Crippen molar-refractivity contribution in [1.29, 1.82) is 0 Å². The van der Waals surface area contributed by atoms with Crippen LogP contribution in [-0.4, -0.2) is 9.13 Å². The molecular formula is C12H12N2O2. The van der Waals surface area contributed by atoms with Gasteiger partial charge in [-0.05, 0) is 5.56 Å². The fraction of sp³-hybridized carbons (Fsp3) is 0.167. The molecule has 0 atom stereocenters. The number of hydrogen-bond acceptors (Lipinski definition) is 2. The summed E-state index contributed by atoms with van der Waals surface area (Å²) in [6.07, 6.45) is 0. The number of hydrogen-bond donors (Lipinski definition) is 0. The van der Waals surface area contributed by atoms with E-state index in [2.05, 4.69) is 0 Å². The van der Waals surface area contributed by atoms with Crippen LogP contribution in [0.4, 0.5) is 0 Å². The van der Waals surface area contributed by atoms with Crippen LogP contribution in [0, 0.1) is 0 Å². The standard InChI is InChI=1S/C12H12N2O2/c1-13-10(9-6-4-3-5-7-9)8-11(15)14(2)12(13)16/h3-8H,1-2H3. The summed E-state index contributed by atoms with van der Waals surface area (Å²) in [6, 6.07) is 10.8. The predicted octanol–water partition coefficient (Wildman–Crippen LogP) is 0.751. The Labute approximate surface area is 92.4 Å². The summed E-state index contributed by atoms with van der Waals surface area (Å²) < 4.78 is 2.56. The lowest BCUT2D eigenvalue weighted by molar-refractivity contribution is 0.692. The van der Waals surface area contributed by atoms with Crippen molar-refractivity contribution < 1.29 is 0 Å². The predicted molar refractivity (Wildman–Crippen MR) is 62.4 cm³/mol. The summed E-state index contributed by atoms with van der Waals surface area (Å²) in [6.45, 7) is 0. The third-order valence-corrected chi connectivity index (χ3v) is 2.60. The minimum absolute atomic E-state index is 0.290. The van der Waals surface area contributed by atoms with Crippen molar-refractivity contribution in [3.63, 3.8) is 0 Å². The van der Waals surface area contributed by atoms with Gasteiger partial charge in [-0.25, -0.2) is 4.79 Å². The van der Waals surface area contributed by atoms with E-state index in [0.717, 1.165) is 10.1 Å². The number of nitrogens with zero attached hydrogens (tertiary/aromatic N) is 2. The average Bonchev–Trinajstić information content (AvgIpc) is 2.32. The second-order valence-electron chi connectivity index (χ2n) is 3.63. The van der Waals surface area contributed by atoms with Crippen molar-refractivity contribution >= 4 is 0 Å². The summed E-state index contributed by atoms with van der Waals surface area (Å²) in [7, 11) is 3.13. The Hall–Kier alpha value is -2.10. The van der Waals surface area contributed by atoms with E-state index in [1.54, 1.807) is 7.05 Å². The van der Waals surface area contributed by atoms with Gasteiger partial charge in [0.1, 0.15) is 0 Å². The molecule has 2 aromatic rings. The smallest absolute Gasteiger partial charge is 0.296 e. The fourth-order valence-corrected chi connectivity index (χ4v) is 1.62. The Morgan fingerprint density at radius 1 is 0.938 bits per heavy atom. The summed E-state index contributed by atoms with van der Waals surface area (Å²) in [5.41, 5.74) is 0.891. The van der Waals surface area contributed by atoms with E-state index >= 15 is 0 Å². The van der Waals surface area contributed by atoms with Crippen molar-refractivity contribution in [2.75, 3.05) is 0 Å². The van der Waals surface area contributed by atoms with Gasteiger partial charge in [0, 0.05) is 20.2 Å².